The van der Waals surface area contributed by atoms with Crippen LogP contribution in [0.1, 0.15) is 27.7 Å². The molecule has 7 heteroatoms. The zero-order valence-corrected chi connectivity index (χ0v) is 16.5. The monoisotopic (exact) mass is 383 g/mol. The van der Waals surface area contributed by atoms with Crippen LogP contribution in [0.3, 0.4) is 0 Å². The van der Waals surface area contributed by atoms with Gasteiger partial charge in [0.2, 0.25) is 17.7 Å². The standard InChI is InChI=1S/C21H25N3O4/c1-14(2)28-20-8-6-5-7-19(20)24(16(4)26)13-21(27)23-18-11-9-17(10-12-18)22-15(3)25/h5-12,14H,13H2,1-4H3,(H,22,25)(H,23,27). The Kier molecular flexibility index (Phi) is 7.14. The first-order valence-corrected chi connectivity index (χ1v) is 8.97. The summed E-state index contributed by atoms with van der Waals surface area (Å²) >= 11 is 0. The van der Waals surface area contributed by atoms with Crippen LogP contribution in [0.4, 0.5) is 17.1 Å². The van der Waals surface area contributed by atoms with Crippen molar-refractivity contribution in [2.75, 3.05) is 22.1 Å². The van der Waals surface area contributed by atoms with Gasteiger partial charge in [-0.2, -0.15) is 0 Å². The molecule has 0 unspecified atom stereocenters. The molecule has 0 fully saturated rings. The summed E-state index contributed by atoms with van der Waals surface area (Å²) in [6.07, 6.45) is -0.0640. The van der Waals surface area contributed by atoms with Gasteiger partial charge in [0.15, 0.2) is 0 Å². The van der Waals surface area contributed by atoms with E-state index in [2.05, 4.69) is 10.6 Å². The van der Waals surface area contributed by atoms with Gasteiger partial charge >= 0.3 is 0 Å². The second-order valence-electron chi connectivity index (χ2n) is 6.55. The fourth-order valence-electron chi connectivity index (χ4n) is 2.58. The molecular formula is C21H25N3O4. The van der Waals surface area contributed by atoms with Crippen molar-refractivity contribution in [3.8, 4) is 5.75 Å². The van der Waals surface area contributed by atoms with Crippen LogP contribution < -0.4 is 20.3 Å². The summed E-state index contributed by atoms with van der Waals surface area (Å²) in [5.74, 6) is -0.242. The van der Waals surface area contributed by atoms with Crippen molar-refractivity contribution in [3.63, 3.8) is 0 Å². The number of carbonyl (C=O) groups is 3. The number of carbonyl (C=O) groups excluding carboxylic acids is 3. The molecule has 0 radical (unpaired) electrons. The molecule has 0 aliphatic heterocycles. The minimum absolute atomic E-state index is 0.0640. The highest BCUT2D eigenvalue weighted by Gasteiger charge is 2.20. The molecule has 2 rings (SSSR count). The summed E-state index contributed by atoms with van der Waals surface area (Å²) < 4.78 is 5.76. The lowest BCUT2D eigenvalue weighted by Gasteiger charge is -2.24. The molecule has 2 aromatic carbocycles. The maximum atomic E-state index is 12.5. The van der Waals surface area contributed by atoms with Gasteiger partial charge in [-0.3, -0.25) is 19.3 Å². The molecule has 148 valence electrons. The molecule has 0 aliphatic carbocycles. The molecular weight excluding hydrogens is 358 g/mol. The molecule has 0 bridgehead atoms. The quantitative estimate of drug-likeness (QED) is 0.767. The van der Waals surface area contributed by atoms with Gasteiger partial charge in [-0.25, -0.2) is 0 Å². The molecule has 0 saturated carbocycles. The van der Waals surface area contributed by atoms with E-state index >= 15 is 0 Å². The van der Waals surface area contributed by atoms with E-state index in [-0.39, 0.29) is 30.4 Å². The highest BCUT2D eigenvalue weighted by molar-refractivity contribution is 6.02. The van der Waals surface area contributed by atoms with E-state index in [1.165, 1.54) is 18.7 Å². The first-order chi connectivity index (χ1) is 13.3. The minimum atomic E-state index is -0.346. The number of amides is 3. The largest absolute Gasteiger partial charge is 0.489 e. The van der Waals surface area contributed by atoms with Crippen LogP contribution in [0.5, 0.6) is 5.75 Å². The Morgan fingerprint density at radius 1 is 0.929 bits per heavy atom. The van der Waals surface area contributed by atoms with Crippen LogP contribution in [0.15, 0.2) is 48.5 Å². The van der Waals surface area contributed by atoms with Gasteiger partial charge in [-0.1, -0.05) is 12.1 Å². The highest BCUT2D eigenvalue weighted by atomic mass is 16.5. The van der Waals surface area contributed by atoms with Crippen molar-refractivity contribution >= 4 is 34.8 Å². The van der Waals surface area contributed by atoms with Gasteiger partial charge in [-0.15, -0.1) is 0 Å². The fraction of sp³-hybridized carbons (Fsp3) is 0.286. The number of anilines is 3. The molecule has 7 nitrogen and oxygen atoms in total. The lowest BCUT2D eigenvalue weighted by atomic mass is 10.2. The maximum absolute atomic E-state index is 12.5. The van der Waals surface area contributed by atoms with Crippen LogP contribution >= 0.6 is 0 Å². The van der Waals surface area contributed by atoms with Crippen LogP contribution in [0, 0.1) is 0 Å². The summed E-state index contributed by atoms with van der Waals surface area (Å²) in [4.78, 5) is 37.1. The third kappa shape index (κ3) is 6.12. The third-order valence-corrected chi connectivity index (χ3v) is 3.69. The maximum Gasteiger partial charge on any atom is 0.244 e. The lowest BCUT2D eigenvalue weighted by molar-refractivity contribution is -0.120. The summed E-state index contributed by atoms with van der Waals surface area (Å²) in [6.45, 7) is 6.47. The normalized spacial score (nSPS) is 10.3. The van der Waals surface area contributed by atoms with Gasteiger partial charge in [0, 0.05) is 25.2 Å². The van der Waals surface area contributed by atoms with Gasteiger partial charge in [0.05, 0.1) is 11.8 Å². The first-order valence-electron chi connectivity index (χ1n) is 8.97. The zero-order valence-electron chi connectivity index (χ0n) is 16.5. The molecule has 0 atom stereocenters. The van der Waals surface area contributed by atoms with Crippen molar-refractivity contribution in [1.82, 2.24) is 0 Å². The molecule has 0 heterocycles. The summed E-state index contributed by atoms with van der Waals surface area (Å²) in [6, 6.07) is 13.8. The SMILES string of the molecule is CC(=O)Nc1ccc(NC(=O)CN(C(C)=O)c2ccccc2OC(C)C)cc1. The number of para-hydroxylation sites is 2. The molecule has 28 heavy (non-hydrogen) atoms. The van der Waals surface area contributed by atoms with E-state index < -0.39 is 0 Å². The summed E-state index contributed by atoms with van der Waals surface area (Å²) in [7, 11) is 0. The lowest BCUT2D eigenvalue weighted by Crippen LogP contribution is -2.37. The van der Waals surface area contributed by atoms with Crippen LogP contribution in [0.2, 0.25) is 0 Å². The molecule has 0 aliphatic rings. The molecule has 2 aromatic rings. The van der Waals surface area contributed by atoms with Crippen molar-refractivity contribution < 1.29 is 19.1 Å². The number of benzene rings is 2. The Bertz CT molecular complexity index is 847. The van der Waals surface area contributed by atoms with Crippen molar-refractivity contribution in [2.24, 2.45) is 0 Å². The second-order valence-corrected chi connectivity index (χ2v) is 6.55. The van der Waals surface area contributed by atoms with E-state index in [0.717, 1.165) is 0 Å². The Labute approximate surface area is 164 Å². The van der Waals surface area contributed by atoms with Gasteiger partial charge in [0.25, 0.3) is 0 Å². The molecule has 0 spiro atoms. The third-order valence-electron chi connectivity index (χ3n) is 3.69. The molecule has 0 aromatic heterocycles. The van der Waals surface area contributed by atoms with Crippen LogP contribution in [0.25, 0.3) is 0 Å². The van der Waals surface area contributed by atoms with Gasteiger partial charge in [-0.05, 0) is 50.2 Å². The van der Waals surface area contributed by atoms with E-state index in [1.54, 1.807) is 42.5 Å². The summed E-state index contributed by atoms with van der Waals surface area (Å²) in [5, 5.41) is 5.41. The Hall–Kier alpha value is -3.35. The average Bonchev–Trinajstić information content (AvgIpc) is 2.61. The van der Waals surface area contributed by atoms with E-state index in [0.29, 0.717) is 22.8 Å². The van der Waals surface area contributed by atoms with E-state index in [9.17, 15) is 14.4 Å². The van der Waals surface area contributed by atoms with Crippen molar-refractivity contribution in [1.29, 1.82) is 0 Å². The molecule has 0 saturated heterocycles. The van der Waals surface area contributed by atoms with E-state index in [4.69, 9.17) is 4.74 Å². The predicted molar refractivity (Wildman–Crippen MR) is 110 cm³/mol. The van der Waals surface area contributed by atoms with Crippen molar-refractivity contribution in [2.45, 2.75) is 33.8 Å². The number of nitrogens with one attached hydrogen (secondary N) is 2. The number of hydrogen-bond donors (Lipinski definition) is 2. The number of rotatable bonds is 7. The smallest absolute Gasteiger partial charge is 0.244 e. The fourth-order valence-corrected chi connectivity index (χ4v) is 2.58. The topological polar surface area (TPSA) is 87.7 Å². The Balaban J connectivity index is 2.11. The van der Waals surface area contributed by atoms with Crippen LogP contribution in [-0.4, -0.2) is 30.4 Å². The van der Waals surface area contributed by atoms with Gasteiger partial charge < -0.3 is 15.4 Å². The minimum Gasteiger partial charge on any atom is -0.489 e. The Morgan fingerprint density at radius 3 is 2.04 bits per heavy atom. The van der Waals surface area contributed by atoms with Crippen LogP contribution in [-0.2, 0) is 14.4 Å². The number of hydrogen-bond acceptors (Lipinski definition) is 4. The van der Waals surface area contributed by atoms with Crippen molar-refractivity contribution in [3.05, 3.63) is 48.5 Å². The summed E-state index contributed by atoms with van der Waals surface area (Å²) in [5.41, 5.74) is 1.74. The zero-order chi connectivity index (χ0) is 20.7. The molecule has 3 amide bonds. The Morgan fingerprint density at radius 2 is 1.50 bits per heavy atom. The number of ether oxygens (including phenoxy) is 1. The first kappa shape index (κ1) is 21.0. The molecule has 2 N–H and O–H groups in total. The average molecular weight is 383 g/mol. The predicted octanol–water partition coefficient (Wildman–Crippen LogP) is 3.42. The number of nitrogens with zero attached hydrogens (tertiary/aromatic N) is 1. The van der Waals surface area contributed by atoms with E-state index in [1.807, 2.05) is 19.9 Å². The second kappa shape index (κ2) is 9.55. The van der Waals surface area contributed by atoms with Gasteiger partial charge in [0.1, 0.15) is 12.3 Å². The highest BCUT2D eigenvalue weighted by Crippen LogP contribution is 2.29.